The van der Waals surface area contributed by atoms with Gasteiger partial charge in [0.15, 0.2) is 12.3 Å². The maximum absolute atomic E-state index is 12.6. The summed E-state index contributed by atoms with van der Waals surface area (Å²) in [6.07, 6.45) is 0.405. The van der Waals surface area contributed by atoms with Crippen LogP contribution in [0.2, 0.25) is 0 Å². The fourth-order valence-corrected chi connectivity index (χ4v) is 3.62. The molecular formula is C17H19Br2N3O7. The third kappa shape index (κ3) is 5.97. The topological polar surface area (TPSA) is 126 Å². The lowest BCUT2D eigenvalue weighted by atomic mass is 10.2. The van der Waals surface area contributed by atoms with Crippen LogP contribution in [-0.2, 0) is 28.6 Å². The van der Waals surface area contributed by atoms with Gasteiger partial charge in [-0.1, -0.05) is 31.9 Å². The number of carbonyl (C=O) groups excluding carboxylic acids is 3. The van der Waals surface area contributed by atoms with Gasteiger partial charge in [0.1, 0.15) is 18.5 Å². The van der Waals surface area contributed by atoms with Gasteiger partial charge in [0, 0.05) is 32.5 Å². The number of hydrogen-bond donors (Lipinski definition) is 1. The molecule has 0 saturated carbocycles. The van der Waals surface area contributed by atoms with Crippen LogP contribution in [0.1, 0.15) is 32.6 Å². The first-order valence-corrected chi connectivity index (χ1v) is 10.2. The molecule has 1 aliphatic rings. The van der Waals surface area contributed by atoms with E-state index in [0.717, 1.165) is 4.57 Å². The molecule has 2 heterocycles. The van der Waals surface area contributed by atoms with Gasteiger partial charge in [-0.15, -0.1) is 0 Å². The van der Waals surface area contributed by atoms with Gasteiger partial charge in [-0.3, -0.25) is 19.0 Å². The van der Waals surface area contributed by atoms with Crippen molar-refractivity contribution in [2.24, 2.45) is 0 Å². The monoisotopic (exact) mass is 535 g/mol. The summed E-state index contributed by atoms with van der Waals surface area (Å²) in [4.78, 5) is 51.6. The lowest BCUT2D eigenvalue weighted by molar-refractivity contribution is -0.153. The molecule has 12 heteroatoms. The van der Waals surface area contributed by atoms with E-state index >= 15 is 0 Å². The Morgan fingerprint density at radius 1 is 1.31 bits per heavy atom. The van der Waals surface area contributed by atoms with E-state index in [1.54, 1.807) is 6.08 Å². The predicted molar refractivity (Wildman–Crippen MR) is 110 cm³/mol. The number of hydrogen-bond acceptors (Lipinski definition) is 8. The molecule has 0 bridgehead atoms. The van der Waals surface area contributed by atoms with Crippen LogP contribution in [0.4, 0.5) is 5.82 Å². The first-order chi connectivity index (χ1) is 13.6. The highest BCUT2D eigenvalue weighted by atomic mass is 79.9. The van der Waals surface area contributed by atoms with Crippen molar-refractivity contribution < 1.29 is 28.6 Å². The van der Waals surface area contributed by atoms with Gasteiger partial charge in [-0.2, -0.15) is 4.98 Å². The van der Waals surface area contributed by atoms with Crippen molar-refractivity contribution in [1.82, 2.24) is 9.55 Å². The van der Waals surface area contributed by atoms with Crippen molar-refractivity contribution in [3.63, 3.8) is 0 Å². The van der Waals surface area contributed by atoms with Gasteiger partial charge in [-0.25, -0.2) is 4.79 Å². The molecule has 1 fully saturated rings. The summed E-state index contributed by atoms with van der Waals surface area (Å²) in [5.74, 6) is -1.39. The van der Waals surface area contributed by atoms with Crippen molar-refractivity contribution in [2.75, 3.05) is 11.9 Å². The molecule has 1 aliphatic heterocycles. The molecule has 1 N–H and O–H groups in total. The van der Waals surface area contributed by atoms with Crippen LogP contribution >= 0.6 is 31.9 Å². The highest BCUT2D eigenvalue weighted by Gasteiger charge is 2.47. The molecule has 2 rings (SSSR count). The van der Waals surface area contributed by atoms with E-state index in [4.69, 9.17) is 14.2 Å². The maximum Gasteiger partial charge on any atom is 0.351 e. The smallest absolute Gasteiger partial charge is 0.351 e. The number of carbonyl (C=O) groups is 3. The SMILES string of the molecule is CC(=O)Nc1nc(=O)n([C@@H]2O[C@H](COC(C)=O)[C@H](Br)[C@H]2OC(C)=O)cc1/C=C/Br. The number of amides is 1. The summed E-state index contributed by atoms with van der Waals surface area (Å²) in [5.41, 5.74) is -0.313. The van der Waals surface area contributed by atoms with Gasteiger partial charge in [0.2, 0.25) is 5.91 Å². The average Bonchev–Trinajstić information content (AvgIpc) is 2.90. The van der Waals surface area contributed by atoms with Crippen LogP contribution in [0.5, 0.6) is 0 Å². The predicted octanol–water partition coefficient (Wildman–Crippen LogP) is 1.72. The first kappa shape index (κ1) is 23.2. The lowest BCUT2D eigenvalue weighted by Gasteiger charge is -2.22. The Labute approximate surface area is 182 Å². The molecular weight excluding hydrogens is 518 g/mol. The molecule has 4 atom stereocenters. The van der Waals surface area contributed by atoms with E-state index in [-0.39, 0.29) is 12.4 Å². The van der Waals surface area contributed by atoms with E-state index in [0.29, 0.717) is 5.56 Å². The van der Waals surface area contributed by atoms with Gasteiger partial charge < -0.3 is 19.5 Å². The molecule has 0 aliphatic carbocycles. The standard InChI is InChI=1S/C17H19Br2N3O7/c1-8(23)20-15-11(4-5-18)6-22(17(26)21-15)16-14(28-10(3)25)13(19)12(29-16)7-27-9(2)24/h4-6,12-14,16H,7H2,1-3H3,(H,20,21,23,26)/b5-4+/t12-,13+,14-,16-/m1/s1. The normalized spacial score (nSPS) is 23.8. The Balaban J connectivity index is 2.46. The summed E-state index contributed by atoms with van der Waals surface area (Å²) in [5, 5.41) is 2.48. The quantitative estimate of drug-likeness (QED) is 0.430. The highest BCUT2D eigenvalue weighted by molar-refractivity contribution is 9.11. The molecule has 0 unspecified atom stereocenters. The molecule has 1 saturated heterocycles. The Morgan fingerprint density at radius 3 is 2.55 bits per heavy atom. The van der Waals surface area contributed by atoms with Crippen LogP contribution < -0.4 is 11.0 Å². The molecule has 29 heavy (non-hydrogen) atoms. The molecule has 10 nitrogen and oxygen atoms in total. The molecule has 0 radical (unpaired) electrons. The number of esters is 2. The van der Waals surface area contributed by atoms with Crippen LogP contribution in [0.15, 0.2) is 16.0 Å². The fourth-order valence-electron chi connectivity index (χ4n) is 2.69. The van der Waals surface area contributed by atoms with Crippen molar-refractivity contribution in [1.29, 1.82) is 0 Å². The number of aromatic nitrogens is 2. The zero-order valence-electron chi connectivity index (χ0n) is 15.8. The Kier molecular flexibility index (Phi) is 8.11. The number of nitrogens with one attached hydrogen (secondary N) is 1. The third-order valence-electron chi connectivity index (χ3n) is 3.81. The van der Waals surface area contributed by atoms with E-state index in [9.17, 15) is 19.2 Å². The van der Waals surface area contributed by atoms with E-state index < -0.39 is 46.8 Å². The summed E-state index contributed by atoms with van der Waals surface area (Å²) < 4.78 is 17.3. The second-order valence-electron chi connectivity index (χ2n) is 6.09. The second kappa shape index (κ2) is 10.1. The number of anilines is 1. The van der Waals surface area contributed by atoms with Crippen molar-refractivity contribution in [3.8, 4) is 0 Å². The minimum Gasteiger partial charge on any atom is -0.463 e. The zero-order valence-corrected chi connectivity index (χ0v) is 18.9. The third-order valence-corrected chi connectivity index (χ3v) is 5.18. The Bertz CT molecular complexity index is 886. The number of alkyl halides is 1. The van der Waals surface area contributed by atoms with Crippen LogP contribution in [0.3, 0.4) is 0 Å². The summed E-state index contributed by atoms with van der Waals surface area (Å²) >= 11 is 6.55. The van der Waals surface area contributed by atoms with Crippen molar-refractivity contribution in [3.05, 3.63) is 27.2 Å². The molecule has 1 amide bonds. The number of rotatable bonds is 6. The zero-order chi connectivity index (χ0) is 21.7. The minimum absolute atomic E-state index is 0.0725. The van der Waals surface area contributed by atoms with Gasteiger partial charge in [-0.05, 0) is 11.1 Å². The van der Waals surface area contributed by atoms with Crippen molar-refractivity contribution in [2.45, 2.75) is 44.0 Å². The summed E-state index contributed by atoms with van der Waals surface area (Å²) in [6.45, 7) is 3.68. The molecule has 0 spiro atoms. The van der Waals surface area contributed by atoms with Gasteiger partial charge in [0.25, 0.3) is 0 Å². The van der Waals surface area contributed by atoms with E-state index in [1.165, 1.54) is 32.0 Å². The number of halogens is 2. The summed E-state index contributed by atoms with van der Waals surface area (Å²) in [6, 6.07) is 0. The van der Waals surface area contributed by atoms with E-state index in [1.807, 2.05) is 0 Å². The molecule has 1 aromatic rings. The minimum atomic E-state index is -1.03. The second-order valence-corrected chi connectivity index (χ2v) is 7.68. The lowest BCUT2D eigenvalue weighted by Crippen LogP contribution is -2.37. The molecule has 158 valence electrons. The number of ether oxygens (including phenoxy) is 3. The maximum atomic E-state index is 12.6. The average molecular weight is 537 g/mol. The summed E-state index contributed by atoms with van der Waals surface area (Å²) in [7, 11) is 0. The molecule has 1 aromatic heterocycles. The van der Waals surface area contributed by atoms with Gasteiger partial charge in [0.05, 0.1) is 4.83 Å². The van der Waals surface area contributed by atoms with Crippen LogP contribution in [0.25, 0.3) is 6.08 Å². The number of nitrogens with zero attached hydrogens (tertiary/aromatic N) is 2. The Hall–Kier alpha value is -2.05. The van der Waals surface area contributed by atoms with E-state index in [2.05, 4.69) is 42.2 Å². The highest BCUT2D eigenvalue weighted by Crippen LogP contribution is 2.36. The van der Waals surface area contributed by atoms with Crippen LogP contribution in [-0.4, -0.2) is 51.0 Å². The van der Waals surface area contributed by atoms with Crippen LogP contribution in [0, 0.1) is 0 Å². The molecule has 0 aromatic carbocycles. The first-order valence-electron chi connectivity index (χ1n) is 8.41. The fraction of sp³-hybridized carbons (Fsp3) is 0.471. The Morgan fingerprint density at radius 2 is 2.00 bits per heavy atom. The largest absolute Gasteiger partial charge is 0.463 e. The van der Waals surface area contributed by atoms with Gasteiger partial charge >= 0.3 is 17.6 Å². The van der Waals surface area contributed by atoms with Crippen molar-refractivity contribution >= 4 is 61.6 Å².